The van der Waals surface area contributed by atoms with E-state index < -0.39 is 0 Å². The van der Waals surface area contributed by atoms with Crippen LogP contribution in [0.3, 0.4) is 0 Å². The van der Waals surface area contributed by atoms with E-state index in [1.807, 2.05) is 6.07 Å². The first kappa shape index (κ1) is 15.1. The Kier molecular flexibility index (Phi) is 5.68. The van der Waals surface area contributed by atoms with E-state index in [2.05, 4.69) is 31.3 Å². The van der Waals surface area contributed by atoms with Gasteiger partial charge >= 0.3 is 0 Å². The summed E-state index contributed by atoms with van der Waals surface area (Å²) in [6, 6.07) is 6.64. The van der Waals surface area contributed by atoms with Crippen LogP contribution >= 0.6 is 0 Å². The highest BCUT2D eigenvalue weighted by Crippen LogP contribution is 2.32. The molecule has 0 spiro atoms. The molecule has 1 aliphatic rings. The van der Waals surface area contributed by atoms with E-state index in [0.29, 0.717) is 18.8 Å². The number of rotatable bonds is 8. The number of aryl methyl sites for hydroxylation is 1. The largest absolute Gasteiger partial charge is 0.454 e. The topological polar surface area (TPSA) is 50.7 Å². The molecule has 0 bridgehead atoms. The second-order valence-corrected chi connectivity index (χ2v) is 5.65. The fraction of sp³-hybridized carbons (Fsp3) is 0.625. The van der Waals surface area contributed by atoms with E-state index in [-0.39, 0.29) is 6.61 Å². The molecule has 1 aliphatic heterocycles. The molecule has 0 saturated carbocycles. The molecule has 20 heavy (non-hydrogen) atoms. The van der Waals surface area contributed by atoms with Crippen molar-refractivity contribution in [1.29, 1.82) is 0 Å². The van der Waals surface area contributed by atoms with Crippen LogP contribution in [0, 0.1) is 5.92 Å². The number of ether oxygens (including phenoxy) is 2. The average Bonchev–Trinajstić information content (AvgIpc) is 2.90. The molecule has 0 fully saturated rings. The number of hydrogen-bond donors (Lipinski definition) is 2. The zero-order valence-electron chi connectivity index (χ0n) is 12.4. The van der Waals surface area contributed by atoms with Gasteiger partial charge < -0.3 is 19.9 Å². The monoisotopic (exact) mass is 279 g/mol. The maximum absolute atomic E-state index is 8.88. The van der Waals surface area contributed by atoms with Gasteiger partial charge in [-0.15, -0.1) is 0 Å². The lowest BCUT2D eigenvalue weighted by Gasteiger charge is -2.17. The molecule has 2 rings (SSSR count). The molecular formula is C16H25NO3. The predicted octanol–water partition coefficient (Wildman–Crippen LogP) is 2.34. The van der Waals surface area contributed by atoms with Crippen molar-refractivity contribution >= 4 is 0 Å². The summed E-state index contributed by atoms with van der Waals surface area (Å²) in [5.74, 6) is 2.23. The van der Waals surface area contributed by atoms with Gasteiger partial charge in [-0.3, -0.25) is 0 Å². The molecule has 2 atom stereocenters. The highest BCUT2D eigenvalue weighted by Gasteiger charge is 2.13. The van der Waals surface area contributed by atoms with Crippen molar-refractivity contribution < 1.29 is 14.6 Å². The van der Waals surface area contributed by atoms with Crippen LogP contribution in [0.1, 0.15) is 32.3 Å². The van der Waals surface area contributed by atoms with Crippen molar-refractivity contribution in [3.05, 3.63) is 23.8 Å². The molecule has 0 saturated heterocycles. The van der Waals surface area contributed by atoms with E-state index >= 15 is 0 Å². The molecule has 4 nitrogen and oxygen atoms in total. The molecule has 2 unspecified atom stereocenters. The first-order valence-corrected chi connectivity index (χ1v) is 7.42. The maximum atomic E-state index is 8.88. The lowest BCUT2D eigenvalue weighted by molar-refractivity contribution is 0.174. The fourth-order valence-corrected chi connectivity index (χ4v) is 2.31. The van der Waals surface area contributed by atoms with Gasteiger partial charge in [0.15, 0.2) is 11.5 Å². The summed E-state index contributed by atoms with van der Waals surface area (Å²) in [5.41, 5.74) is 1.28. The zero-order valence-corrected chi connectivity index (χ0v) is 12.4. The van der Waals surface area contributed by atoms with Crippen LogP contribution in [0.2, 0.25) is 0 Å². The lowest BCUT2D eigenvalue weighted by Crippen LogP contribution is -2.31. The molecule has 2 N–H and O–H groups in total. The van der Waals surface area contributed by atoms with Crippen molar-refractivity contribution in [2.45, 2.75) is 39.2 Å². The van der Waals surface area contributed by atoms with Crippen LogP contribution in [-0.2, 0) is 6.42 Å². The molecule has 1 aromatic rings. The number of hydrogen-bond acceptors (Lipinski definition) is 4. The second kappa shape index (κ2) is 7.50. The van der Waals surface area contributed by atoms with Crippen LogP contribution in [0.15, 0.2) is 18.2 Å². The summed E-state index contributed by atoms with van der Waals surface area (Å²) in [4.78, 5) is 0. The van der Waals surface area contributed by atoms with Crippen LogP contribution in [0.25, 0.3) is 0 Å². The van der Waals surface area contributed by atoms with Crippen LogP contribution in [0.4, 0.5) is 0 Å². The van der Waals surface area contributed by atoms with Gasteiger partial charge in [-0.2, -0.15) is 0 Å². The molecule has 4 heteroatoms. The molecule has 0 radical (unpaired) electrons. The lowest BCUT2D eigenvalue weighted by atomic mass is 10.0. The molecule has 1 aromatic carbocycles. The van der Waals surface area contributed by atoms with Gasteiger partial charge in [-0.25, -0.2) is 0 Å². The van der Waals surface area contributed by atoms with Crippen molar-refractivity contribution in [3.8, 4) is 11.5 Å². The van der Waals surface area contributed by atoms with Crippen molar-refractivity contribution in [2.75, 3.05) is 19.9 Å². The Morgan fingerprint density at radius 3 is 2.80 bits per heavy atom. The molecular weight excluding hydrogens is 254 g/mol. The van der Waals surface area contributed by atoms with E-state index in [9.17, 15) is 0 Å². The Morgan fingerprint density at radius 2 is 2.00 bits per heavy atom. The fourth-order valence-electron chi connectivity index (χ4n) is 2.31. The van der Waals surface area contributed by atoms with E-state index in [4.69, 9.17) is 14.6 Å². The first-order chi connectivity index (χ1) is 9.69. The molecule has 0 aromatic heterocycles. The summed E-state index contributed by atoms with van der Waals surface area (Å²) in [6.07, 6.45) is 2.98. The van der Waals surface area contributed by atoms with Crippen molar-refractivity contribution in [3.63, 3.8) is 0 Å². The number of aliphatic hydroxyl groups is 1. The summed E-state index contributed by atoms with van der Waals surface area (Å²) < 4.78 is 10.7. The number of aliphatic hydroxyl groups excluding tert-OH is 1. The Bertz CT molecular complexity index is 422. The Labute approximate surface area is 121 Å². The summed E-state index contributed by atoms with van der Waals surface area (Å²) in [7, 11) is 0. The maximum Gasteiger partial charge on any atom is 0.231 e. The highest BCUT2D eigenvalue weighted by molar-refractivity contribution is 5.44. The minimum absolute atomic E-state index is 0.272. The van der Waals surface area contributed by atoms with Gasteiger partial charge in [0.05, 0.1) is 0 Å². The summed E-state index contributed by atoms with van der Waals surface area (Å²) in [6.45, 7) is 5.93. The quantitative estimate of drug-likeness (QED) is 0.767. The minimum atomic E-state index is 0.272. The third kappa shape index (κ3) is 4.39. The van der Waals surface area contributed by atoms with Gasteiger partial charge in [0, 0.05) is 12.6 Å². The number of fused-ring (bicyclic) bond motifs is 1. The molecule has 1 heterocycles. The molecule has 0 aliphatic carbocycles. The average molecular weight is 279 g/mol. The standard InChI is InChI=1S/C16H25NO3/c1-12(7-8-18)10-17-13(2)3-4-14-5-6-15-16(9-14)20-11-19-15/h5-6,9,12-13,17-18H,3-4,7-8,10-11H2,1-2H3. The summed E-state index contributed by atoms with van der Waals surface area (Å²) in [5, 5.41) is 12.4. The Hall–Kier alpha value is -1.26. The number of nitrogens with one attached hydrogen (secondary N) is 1. The number of benzene rings is 1. The summed E-state index contributed by atoms with van der Waals surface area (Å²) >= 11 is 0. The first-order valence-electron chi connectivity index (χ1n) is 7.42. The van der Waals surface area contributed by atoms with E-state index in [1.54, 1.807) is 0 Å². The Balaban J connectivity index is 1.72. The normalized spacial score (nSPS) is 16.1. The van der Waals surface area contributed by atoms with E-state index in [0.717, 1.165) is 37.3 Å². The third-order valence-electron chi connectivity index (χ3n) is 3.74. The second-order valence-electron chi connectivity index (χ2n) is 5.65. The minimum Gasteiger partial charge on any atom is -0.454 e. The van der Waals surface area contributed by atoms with Crippen molar-refractivity contribution in [2.24, 2.45) is 5.92 Å². The van der Waals surface area contributed by atoms with Crippen LogP contribution in [-0.4, -0.2) is 31.1 Å². The molecule has 0 amide bonds. The smallest absolute Gasteiger partial charge is 0.231 e. The van der Waals surface area contributed by atoms with E-state index in [1.165, 1.54) is 5.56 Å². The van der Waals surface area contributed by atoms with Gasteiger partial charge in [-0.05, 0) is 56.3 Å². The van der Waals surface area contributed by atoms with Crippen molar-refractivity contribution in [1.82, 2.24) is 5.32 Å². The van der Waals surface area contributed by atoms with Gasteiger partial charge in [0.25, 0.3) is 0 Å². The van der Waals surface area contributed by atoms with Gasteiger partial charge in [-0.1, -0.05) is 13.0 Å². The predicted molar refractivity (Wildman–Crippen MR) is 79.2 cm³/mol. The SMILES string of the molecule is CC(CCO)CNC(C)CCc1ccc2c(c1)OCO2. The van der Waals surface area contributed by atoms with Crippen LogP contribution < -0.4 is 14.8 Å². The van der Waals surface area contributed by atoms with Gasteiger partial charge in [0.2, 0.25) is 6.79 Å². The Morgan fingerprint density at radius 1 is 1.20 bits per heavy atom. The highest BCUT2D eigenvalue weighted by atomic mass is 16.7. The molecule has 112 valence electrons. The van der Waals surface area contributed by atoms with Gasteiger partial charge in [0.1, 0.15) is 0 Å². The zero-order chi connectivity index (χ0) is 14.4. The third-order valence-corrected chi connectivity index (χ3v) is 3.74. The van der Waals surface area contributed by atoms with Crippen LogP contribution in [0.5, 0.6) is 11.5 Å².